The van der Waals surface area contributed by atoms with Gasteiger partial charge in [-0.25, -0.2) is 4.98 Å². The second-order valence-corrected chi connectivity index (χ2v) is 4.81. The lowest BCUT2D eigenvalue weighted by Crippen LogP contribution is -2.01. The van der Waals surface area contributed by atoms with Gasteiger partial charge in [-0.05, 0) is 25.1 Å². The quantitative estimate of drug-likeness (QED) is 0.855. The van der Waals surface area contributed by atoms with Crippen molar-refractivity contribution in [2.75, 3.05) is 20.3 Å². The second-order valence-electron chi connectivity index (χ2n) is 3.64. The summed E-state index contributed by atoms with van der Waals surface area (Å²) in [5.41, 5.74) is 6.54. The zero-order valence-corrected chi connectivity index (χ0v) is 10.6. The van der Waals surface area contributed by atoms with E-state index in [1.807, 2.05) is 12.1 Å². The predicted octanol–water partition coefficient (Wildman–Crippen LogP) is 2.09. The minimum Gasteiger partial charge on any atom is -0.463 e. The standard InChI is InChI=1S/C12H16N2O2S/c1-15-8-5-11-14-12(9-3-2-7-16-9)10(17-11)4-6-13/h2-3,7H,4-6,8,13H2,1H3. The molecule has 0 aliphatic rings. The maximum absolute atomic E-state index is 5.62. The number of hydrogen-bond donors (Lipinski definition) is 1. The molecule has 2 aromatic rings. The van der Waals surface area contributed by atoms with Crippen LogP contribution in [0.3, 0.4) is 0 Å². The van der Waals surface area contributed by atoms with E-state index in [1.54, 1.807) is 24.7 Å². The Bertz CT molecular complexity index is 451. The van der Waals surface area contributed by atoms with Gasteiger partial charge in [0.05, 0.1) is 17.9 Å². The summed E-state index contributed by atoms with van der Waals surface area (Å²) in [5.74, 6) is 0.813. The number of rotatable bonds is 6. The molecule has 0 aromatic carbocycles. The first kappa shape index (κ1) is 12.3. The van der Waals surface area contributed by atoms with Gasteiger partial charge in [-0.3, -0.25) is 0 Å². The molecule has 2 N–H and O–H groups in total. The van der Waals surface area contributed by atoms with Crippen LogP contribution < -0.4 is 5.73 Å². The van der Waals surface area contributed by atoms with Crippen LogP contribution in [0.25, 0.3) is 11.5 Å². The summed E-state index contributed by atoms with van der Waals surface area (Å²) in [6, 6.07) is 3.80. The number of furan rings is 1. The first-order valence-corrected chi connectivity index (χ1v) is 6.38. The molecule has 0 atom stereocenters. The minimum absolute atomic E-state index is 0.625. The van der Waals surface area contributed by atoms with Crippen LogP contribution in [0.15, 0.2) is 22.8 Å². The van der Waals surface area contributed by atoms with E-state index in [9.17, 15) is 0 Å². The van der Waals surface area contributed by atoms with E-state index in [1.165, 1.54) is 4.88 Å². The SMILES string of the molecule is COCCc1nc(-c2ccco2)c(CCN)s1. The lowest BCUT2D eigenvalue weighted by Gasteiger charge is -1.95. The predicted molar refractivity (Wildman–Crippen MR) is 68.2 cm³/mol. The van der Waals surface area contributed by atoms with Gasteiger partial charge >= 0.3 is 0 Å². The molecule has 0 unspecified atom stereocenters. The third-order valence-electron chi connectivity index (χ3n) is 2.39. The summed E-state index contributed by atoms with van der Waals surface area (Å²) in [4.78, 5) is 5.79. The number of nitrogens with zero attached hydrogens (tertiary/aromatic N) is 1. The van der Waals surface area contributed by atoms with Gasteiger partial charge in [0, 0.05) is 18.4 Å². The van der Waals surface area contributed by atoms with Crippen LogP contribution in [0, 0.1) is 0 Å². The molecule has 2 heterocycles. The van der Waals surface area contributed by atoms with Crippen LogP contribution in [0.4, 0.5) is 0 Å². The lowest BCUT2D eigenvalue weighted by atomic mass is 10.2. The Morgan fingerprint density at radius 3 is 3.00 bits per heavy atom. The fraction of sp³-hybridized carbons (Fsp3) is 0.417. The second kappa shape index (κ2) is 5.95. The van der Waals surface area contributed by atoms with E-state index in [-0.39, 0.29) is 0 Å². The Kier molecular flexibility index (Phi) is 4.30. The summed E-state index contributed by atoms with van der Waals surface area (Å²) in [5, 5.41) is 1.07. The van der Waals surface area contributed by atoms with Gasteiger partial charge in [0.25, 0.3) is 0 Å². The van der Waals surface area contributed by atoms with Crippen molar-refractivity contribution in [3.8, 4) is 11.5 Å². The molecule has 2 rings (SSSR count). The maximum atomic E-state index is 5.62. The molecule has 0 bridgehead atoms. The van der Waals surface area contributed by atoms with Crippen molar-refractivity contribution in [3.63, 3.8) is 0 Å². The fourth-order valence-electron chi connectivity index (χ4n) is 1.60. The van der Waals surface area contributed by atoms with Gasteiger partial charge in [-0.1, -0.05) is 0 Å². The molecule has 0 aliphatic heterocycles. The van der Waals surface area contributed by atoms with Crippen molar-refractivity contribution in [2.24, 2.45) is 5.73 Å². The Morgan fingerprint density at radius 2 is 2.35 bits per heavy atom. The van der Waals surface area contributed by atoms with Crippen molar-refractivity contribution >= 4 is 11.3 Å². The normalized spacial score (nSPS) is 10.9. The molecular weight excluding hydrogens is 236 g/mol. The molecule has 0 spiro atoms. The first-order chi connectivity index (χ1) is 8.35. The largest absolute Gasteiger partial charge is 0.463 e. The summed E-state index contributed by atoms with van der Waals surface area (Å²) in [6.45, 7) is 1.31. The monoisotopic (exact) mass is 252 g/mol. The molecule has 0 aliphatic carbocycles. The van der Waals surface area contributed by atoms with E-state index >= 15 is 0 Å². The molecule has 0 fully saturated rings. The van der Waals surface area contributed by atoms with Crippen LogP contribution in [-0.2, 0) is 17.6 Å². The van der Waals surface area contributed by atoms with Gasteiger partial charge in [-0.15, -0.1) is 11.3 Å². The fourth-order valence-corrected chi connectivity index (χ4v) is 2.67. The number of hydrogen-bond acceptors (Lipinski definition) is 5. The van der Waals surface area contributed by atoms with E-state index in [2.05, 4.69) is 4.98 Å². The Hall–Kier alpha value is -1.17. The summed E-state index contributed by atoms with van der Waals surface area (Å²) >= 11 is 1.69. The third kappa shape index (κ3) is 2.94. The molecule has 17 heavy (non-hydrogen) atoms. The van der Waals surface area contributed by atoms with E-state index in [0.717, 1.165) is 29.3 Å². The molecule has 92 valence electrons. The highest BCUT2D eigenvalue weighted by molar-refractivity contribution is 7.12. The van der Waals surface area contributed by atoms with Gasteiger partial charge < -0.3 is 14.9 Å². The molecule has 2 aromatic heterocycles. The number of thiazole rings is 1. The number of aromatic nitrogens is 1. The molecular formula is C12H16N2O2S. The highest BCUT2D eigenvalue weighted by atomic mass is 32.1. The molecule has 5 heteroatoms. The average Bonchev–Trinajstić information content (AvgIpc) is 2.95. The Morgan fingerprint density at radius 1 is 1.47 bits per heavy atom. The summed E-state index contributed by atoms with van der Waals surface area (Å²) in [6.07, 6.45) is 3.33. The average molecular weight is 252 g/mol. The number of methoxy groups -OCH3 is 1. The van der Waals surface area contributed by atoms with Crippen molar-refractivity contribution in [3.05, 3.63) is 28.3 Å². The van der Waals surface area contributed by atoms with E-state index in [0.29, 0.717) is 13.2 Å². The molecule has 4 nitrogen and oxygen atoms in total. The van der Waals surface area contributed by atoms with Gasteiger partial charge in [0.15, 0.2) is 5.76 Å². The van der Waals surface area contributed by atoms with Crippen molar-refractivity contribution in [2.45, 2.75) is 12.8 Å². The Balaban J connectivity index is 2.25. The van der Waals surface area contributed by atoms with E-state index in [4.69, 9.17) is 14.9 Å². The smallest absolute Gasteiger partial charge is 0.153 e. The van der Waals surface area contributed by atoms with Crippen LogP contribution >= 0.6 is 11.3 Å². The van der Waals surface area contributed by atoms with Crippen LogP contribution in [0.2, 0.25) is 0 Å². The van der Waals surface area contributed by atoms with Crippen LogP contribution in [0.1, 0.15) is 9.88 Å². The highest BCUT2D eigenvalue weighted by Gasteiger charge is 2.14. The third-order valence-corrected chi connectivity index (χ3v) is 3.56. The topological polar surface area (TPSA) is 61.3 Å². The maximum Gasteiger partial charge on any atom is 0.153 e. The van der Waals surface area contributed by atoms with Crippen molar-refractivity contribution in [1.29, 1.82) is 0 Å². The molecule has 0 saturated heterocycles. The Labute approximate surface area is 104 Å². The minimum atomic E-state index is 0.625. The van der Waals surface area contributed by atoms with Gasteiger partial charge in [0.2, 0.25) is 0 Å². The van der Waals surface area contributed by atoms with Crippen LogP contribution in [-0.4, -0.2) is 25.2 Å². The first-order valence-electron chi connectivity index (χ1n) is 5.56. The van der Waals surface area contributed by atoms with E-state index < -0.39 is 0 Å². The summed E-state index contributed by atoms with van der Waals surface area (Å²) < 4.78 is 10.5. The van der Waals surface area contributed by atoms with Crippen LogP contribution in [0.5, 0.6) is 0 Å². The summed E-state index contributed by atoms with van der Waals surface area (Å²) in [7, 11) is 1.70. The molecule has 0 radical (unpaired) electrons. The van der Waals surface area contributed by atoms with Gasteiger partial charge in [0.1, 0.15) is 5.69 Å². The van der Waals surface area contributed by atoms with Gasteiger partial charge in [-0.2, -0.15) is 0 Å². The highest BCUT2D eigenvalue weighted by Crippen LogP contribution is 2.29. The molecule has 0 saturated carbocycles. The molecule has 0 amide bonds. The van der Waals surface area contributed by atoms with Crippen molar-refractivity contribution in [1.82, 2.24) is 4.98 Å². The number of ether oxygens (including phenoxy) is 1. The van der Waals surface area contributed by atoms with Crippen molar-refractivity contribution < 1.29 is 9.15 Å². The zero-order valence-electron chi connectivity index (χ0n) is 9.81. The number of nitrogens with two attached hydrogens (primary N) is 1. The lowest BCUT2D eigenvalue weighted by molar-refractivity contribution is 0.202. The zero-order chi connectivity index (χ0) is 12.1.